The molecule has 4 rings (SSSR count). The van der Waals surface area contributed by atoms with E-state index in [-0.39, 0.29) is 52.6 Å². The summed E-state index contributed by atoms with van der Waals surface area (Å²) in [6.07, 6.45) is 1.96. The average molecular weight is 588 g/mol. The first-order valence-electron chi connectivity index (χ1n) is 13.6. The number of piperidine rings is 2. The summed E-state index contributed by atoms with van der Waals surface area (Å²) in [5.74, 6) is -1.07. The Kier molecular flexibility index (Phi) is 10.1. The van der Waals surface area contributed by atoms with E-state index in [9.17, 15) is 19.5 Å². The minimum atomic E-state index is -0.963. The highest BCUT2D eigenvalue weighted by Crippen LogP contribution is 2.32. The molecular weight excluding hydrogens is 550 g/mol. The summed E-state index contributed by atoms with van der Waals surface area (Å²) in [4.78, 5) is 42.1. The molecule has 2 aliphatic rings. The van der Waals surface area contributed by atoms with Crippen LogP contribution in [0.3, 0.4) is 0 Å². The van der Waals surface area contributed by atoms with Gasteiger partial charge in [0.2, 0.25) is 5.91 Å². The molecule has 2 aromatic rings. The molecule has 5 N–H and O–H groups in total. The van der Waals surface area contributed by atoms with E-state index in [4.69, 9.17) is 26.8 Å². The Bertz CT molecular complexity index is 1280. The highest BCUT2D eigenvalue weighted by molar-refractivity contribution is 6.33. The molecule has 0 aromatic heterocycles. The zero-order valence-electron chi connectivity index (χ0n) is 23.6. The maximum absolute atomic E-state index is 13.0. The van der Waals surface area contributed by atoms with E-state index in [1.807, 2.05) is 4.90 Å². The summed E-state index contributed by atoms with van der Waals surface area (Å²) < 4.78 is 11.0. The van der Waals surface area contributed by atoms with Gasteiger partial charge in [-0.25, -0.2) is 4.79 Å². The lowest BCUT2D eigenvalue weighted by atomic mass is 9.86. The third-order valence-corrected chi connectivity index (χ3v) is 8.24. The van der Waals surface area contributed by atoms with Crippen molar-refractivity contribution in [2.75, 3.05) is 65.0 Å². The fourth-order valence-electron chi connectivity index (χ4n) is 5.59. The Morgan fingerprint density at radius 2 is 1.80 bits per heavy atom. The molecule has 2 saturated heterocycles. The van der Waals surface area contributed by atoms with Gasteiger partial charge in [-0.1, -0.05) is 11.6 Å². The second kappa shape index (κ2) is 13.5. The third-order valence-electron chi connectivity index (χ3n) is 7.92. The summed E-state index contributed by atoms with van der Waals surface area (Å²) >= 11 is 6.13. The molecule has 11 nitrogen and oxygen atoms in total. The van der Waals surface area contributed by atoms with Crippen LogP contribution in [-0.4, -0.2) is 98.8 Å². The van der Waals surface area contributed by atoms with E-state index in [0.717, 1.165) is 31.5 Å². The third kappa shape index (κ3) is 7.48. The number of rotatable bonds is 9. The van der Waals surface area contributed by atoms with Crippen molar-refractivity contribution in [2.24, 2.45) is 0 Å². The highest BCUT2D eigenvalue weighted by Gasteiger charge is 2.32. The first kappa shape index (κ1) is 30.6. The van der Waals surface area contributed by atoms with E-state index in [1.54, 1.807) is 25.3 Å². The maximum atomic E-state index is 13.0. The molecule has 0 spiro atoms. The molecule has 2 aliphatic heterocycles. The summed E-state index contributed by atoms with van der Waals surface area (Å²) in [6, 6.07) is 7.72. The smallest absolute Gasteiger partial charge is 0.335 e. The first-order valence-corrected chi connectivity index (χ1v) is 14.0. The number of carbonyl (C=O) groups is 3. The number of ether oxygens (including phenoxy) is 2. The quantitative estimate of drug-likeness (QED) is 0.325. The minimum absolute atomic E-state index is 0.131. The van der Waals surface area contributed by atoms with E-state index in [2.05, 4.69) is 22.6 Å². The van der Waals surface area contributed by atoms with Gasteiger partial charge >= 0.3 is 5.97 Å². The largest absolute Gasteiger partial charge is 0.496 e. The van der Waals surface area contributed by atoms with Crippen molar-refractivity contribution in [3.63, 3.8) is 0 Å². The van der Waals surface area contributed by atoms with E-state index < -0.39 is 5.97 Å². The molecule has 2 amide bonds. The number of hydrogen-bond donors (Lipinski definition) is 4. The molecule has 41 heavy (non-hydrogen) atoms. The van der Waals surface area contributed by atoms with Crippen molar-refractivity contribution in [1.82, 2.24) is 15.1 Å². The maximum Gasteiger partial charge on any atom is 0.335 e. The lowest BCUT2D eigenvalue weighted by Crippen LogP contribution is -2.55. The van der Waals surface area contributed by atoms with Gasteiger partial charge in [-0.3, -0.25) is 14.5 Å². The number of nitrogen functional groups attached to an aromatic ring is 1. The van der Waals surface area contributed by atoms with Gasteiger partial charge in [0.15, 0.2) is 0 Å². The van der Waals surface area contributed by atoms with Crippen molar-refractivity contribution in [2.45, 2.75) is 37.3 Å². The van der Waals surface area contributed by atoms with Crippen molar-refractivity contribution in [3.05, 3.63) is 52.0 Å². The summed E-state index contributed by atoms with van der Waals surface area (Å²) in [6.45, 7) is 2.94. The number of aromatic carboxylic acids is 1. The van der Waals surface area contributed by atoms with Gasteiger partial charge in [-0.2, -0.15) is 0 Å². The predicted molar refractivity (Wildman–Crippen MR) is 157 cm³/mol. The number of amides is 2. The molecule has 0 aliphatic carbocycles. The molecule has 2 aromatic carbocycles. The van der Waals surface area contributed by atoms with Crippen LogP contribution in [0.15, 0.2) is 30.3 Å². The Morgan fingerprint density at radius 3 is 2.46 bits per heavy atom. The van der Waals surface area contributed by atoms with Crippen LogP contribution in [0.25, 0.3) is 0 Å². The molecule has 222 valence electrons. The van der Waals surface area contributed by atoms with Crippen LogP contribution in [0.1, 0.15) is 51.5 Å². The number of nitrogens with one attached hydrogen (secondary N) is 2. The van der Waals surface area contributed by atoms with E-state index >= 15 is 0 Å². The molecule has 0 saturated carbocycles. The lowest BCUT2D eigenvalue weighted by Gasteiger charge is -2.37. The van der Waals surface area contributed by atoms with Crippen molar-refractivity contribution in [3.8, 4) is 5.75 Å². The number of anilines is 2. The molecular formula is C29H38ClN5O6. The molecule has 2 heterocycles. The predicted octanol–water partition coefficient (Wildman–Crippen LogP) is 2.90. The number of carboxylic acids is 1. The van der Waals surface area contributed by atoms with Gasteiger partial charge in [0.25, 0.3) is 5.91 Å². The van der Waals surface area contributed by atoms with Crippen LogP contribution < -0.4 is 21.1 Å². The zero-order valence-corrected chi connectivity index (χ0v) is 24.4. The molecule has 0 unspecified atom stereocenters. The topological polar surface area (TPSA) is 146 Å². The standard InChI is InChI=1S/C29H38ClN5O6/c1-34-9-6-17(7-10-34)20-12-18(4-5-19(20)29(38)39)32-27(36)16-35-11-8-24(26(15-35)41-3)33-28(37)21-13-22(30)23(31)14-25(21)40-2/h4-5,12-14,17,24,26H,6-11,15-16,31H2,1-3H3,(H,32,36)(H,33,37)(H,38,39)/t24-,26+/m1/s1. The van der Waals surface area contributed by atoms with E-state index in [1.165, 1.54) is 19.2 Å². The van der Waals surface area contributed by atoms with Crippen LogP contribution >= 0.6 is 11.6 Å². The van der Waals surface area contributed by atoms with Crippen LogP contribution in [0.4, 0.5) is 11.4 Å². The Hall–Kier alpha value is -3.38. The summed E-state index contributed by atoms with van der Waals surface area (Å²) in [7, 11) is 5.09. The monoisotopic (exact) mass is 587 g/mol. The molecule has 2 atom stereocenters. The molecule has 0 bridgehead atoms. The number of nitrogens with two attached hydrogens (primary N) is 1. The number of methoxy groups -OCH3 is 2. The van der Waals surface area contributed by atoms with Crippen molar-refractivity contribution in [1.29, 1.82) is 0 Å². The highest BCUT2D eigenvalue weighted by atomic mass is 35.5. The van der Waals surface area contributed by atoms with Gasteiger partial charge in [0.1, 0.15) is 5.75 Å². The molecule has 12 heteroatoms. The van der Waals surface area contributed by atoms with Gasteiger partial charge in [0.05, 0.1) is 47.6 Å². The van der Waals surface area contributed by atoms with E-state index in [0.29, 0.717) is 36.6 Å². The number of likely N-dealkylation sites (tertiary alicyclic amines) is 2. The minimum Gasteiger partial charge on any atom is -0.496 e. The van der Waals surface area contributed by atoms with Crippen LogP contribution in [-0.2, 0) is 9.53 Å². The average Bonchev–Trinajstić information content (AvgIpc) is 2.95. The fraction of sp³-hybridized carbons (Fsp3) is 0.483. The van der Waals surface area contributed by atoms with Gasteiger partial charge in [0, 0.05) is 32.0 Å². The fourth-order valence-corrected chi connectivity index (χ4v) is 5.75. The Balaban J connectivity index is 1.36. The van der Waals surface area contributed by atoms with Gasteiger partial charge in [-0.15, -0.1) is 0 Å². The number of benzene rings is 2. The zero-order chi connectivity index (χ0) is 29.7. The lowest BCUT2D eigenvalue weighted by molar-refractivity contribution is -0.118. The van der Waals surface area contributed by atoms with Gasteiger partial charge in [-0.05, 0) is 75.1 Å². The first-order chi connectivity index (χ1) is 19.6. The normalized spacial score (nSPS) is 20.4. The van der Waals surface area contributed by atoms with Crippen molar-refractivity contribution >= 4 is 40.8 Å². The number of carbonyl (C=O) groups excluding carboxylic acids is 2. The second-order valence-corrected chi connectivity index (χ2v) is 11.1. The van der Waals surface area contributed by atoms with Crippen LogP contribution in [0.5, 0.6) is 5.75 Å². The SMILES string of the molecule is COc1cc(N)c(Cl)cc1C(=O)N[C@@H]1CCN(CC(=O)Nc2ccc(C(=O)O)c(C3CCN(C)CC3)c2)C[C@@H]1OC. The number of nitrogens with zero attached hydrogens (tertiary/aromatic N) is 2. The summed E-state index contributed by atoms with van der Waals surface area (Å²) in [5.41, 5.74) is 8.05. The summed E-state index contributed by atoms with van der Waals surface area (Å²) in [5, 5.41) is 15.9. The van der Waals surface area contributed by atoms with Gasteiger partial charge < -0.3 is 35.8 Å². The number of carboxylic acid groups (broad SMARTS) is 1. The van der Waals surface area contributed by atoms with Crippen molar-refractivity contribution < 1.29 is 29.0 Å². The second-order valence-electron chi connectivity index (χ2n) is 10.7. The van der Waals surface area contributed by atoms with Crippen LogP contribution in [0.2, 0.25) is 5.02 Å². The molecule has 2 fully saturated rings. The number of halogens is 1. The Labute approximate surface area is 244 Å². The number of hydrogen-bond acceptors (Lipinski definition) is 8. The molecule has 0 radical (unpaired) electrons. The van der Waals surface area contributed by atoms with Crippen LogP contribution in [0, 0.1) is 0 Å². The Morgan fingerprint density at radius 1 is 1.07 bits per heavy atom.